The monoisotopic (exact) mass is 300 g/mol. The first kappa shape index (κ1) is 18.4. The Labute approximate surface area is 127 Å². The number of aliphatic carboxylic acids is 1. The van der Waals surface area contributed by atoms with Crippen molar-refractivity contribution in [2.45, 2.75) is 33.0 Å². The smallest absolute Gasteiger partial charge is 0.451 e. The van der Waals surface area contributed by atoms with Crippen LogP contribution in [0.15, 0.2) is 0 Å². The summed E-state index contributed by atoms with van der Waals surface area (Å²) in [5.74, 6) is -0.926. The van der Waals surface area contributed by atoms with Gasteiger partial charge in [-0.25, -0.2) is 0 Å². The standard InChI is InChI=1S/C14H29BN2O4/c1-3-16(4-2)8-9-17-10-12(6-5-7-15(20)21)13(11-17)14(18)19/h12-13,20-21H,3-11H2,1-2H3,(H,18,19). The second kappa shape index (κ2) is 9.40. The van der Waals surface area contributed by atoms with Gasteiger partial charge >= 0.3 is 13.1 Å². The van der Waals surface area contributed by atoms with Gasteiger partial charge in [-0.3, -0.25) is 4.79 Å². The van der Waals surface area contributed by atoms with Gasteiger partial charge in [-0.05, 0) is 31.7 Å². The molecule has 7 heteroatoms. The number of hydrogen-bond donors (Lipinski definition) is 3. The summed E-state index contributed by atoms with van der Waals surface area (Å²) in [7, 11) is -1.28. The summed E-state index contributed by atoms with van der Waals surface area (Å²) >= 11 is 0. The van der Waals surface area contributed by atoms with Crippen molar-refractivity contribution in [2.24, 2.45) is 11.8 Å². The van der Waals surface area contributed by atoms with E-state index >= 15 is 0 Å². The molecule has 1 aliphatic heterocycles. The van der Waals surface area contributed by atoms with Crippen LogP contribution in [-0.4, -0.2) is 77.3 Å². The second-order valence-electron chi connectivity index (χ2n) is 5.90. The maximum atomic E-state index is 11.4. The van der Waals surface area contributed by atoms with Crippen LogP contribution >= 0.6 is 0 Å². The van der Waals surface area contributed by atoms with E-state index in [1.54, 1.807) is 0 Å². The highest BCUT2D eigenvalue weighted by atomic mass is 16.4. The SMILES string of the molecule is CCN(CC)CCN1CC(CCCB(O)O)C(C(=O)O)C1. The Hall–Kier alpha value is -0.625. The molecule has 3 N–H and O–H groups in total. The molecule has 2 unspecified atom stereocenters. The lowest BCUT2D eigenvalue weighted by molar-refractivity contribution is -0.142. The van der Waals surface area contributed by atoms with Crippen molar-refractivity contribution in [3.05, 3.63) is 0 Å². The molecule has 0 radical (unpaired) electrons. The lowest BCUT2D eigenvalue weighted by Gasteiger charge is -2.22. The minimum Gasteiger partial charge on any atom is -0.481 e. The lowest BCUT2D eigenvalue weighted by Crippen LogP contribution is -2.34. The van der Waals surface area contributed by atoms with E-state index in [0.717, 1.165) is 39.1 Å². The van der Waals surface area contributed by atoms with Crippen LogP contribution in [0.4, 0.5) is 0 Å². The molecule has 6 nitrogen and oxygen atoms in total. The van der Waals surface area contributed by atoms with Crippen LogP contribution in [0.2, 0.25) is 6.32 Å². The number of hydrogen-bond acceptors (Lipinski definition) is 5. The summed E-state index contributed by atoms with van der Waals surface area (Å²) in [6, 6.07) is 0. The molecular formula is C14H29BN2O4. The van der Waals surface area contributed by atoms with Crippen LogP contribution in [0.3, 0.4) is 0 Å². The fourth-order valence-corrected chi connectivity index (χ4v) is 3.10. The molecule has 1 aliphatic rings. The zero-order chi connectivity index (χ0) is 15.8. The summed E-state index contributed by atoms with van der Waals surface area (Å²) in [5.41, 5.74) is 0. The van der Waals surface area contributed by atoms with Gasteiger partial charge in [0.1, 0.15) is 0 Å². The predicted octanol–water partition coefficient (Wildman–Crippen LogP) is 0.214. The fourth-order valence-electron chi connectivity index (χ4n) is 3.10. The van der Waals surface area contributed by atoms with Crippen molar-refractivity contribution in [1.82, 2.24) is 9.80 Å². The molecule has 1 saturated heterocycles. The van der Waals surface area contributed by atoms with Crippen molar-refractivity contribution < 1.29 is 19.9 Å². The van der Waals surface area contributed by atoms with E-state index in [4.69, 9.17) is 10.0 Å². The molecule has 0 amide bonds. The van der Waals surface area contributed by atoms with Crippen molar-refractivity contribution in [2.75, 3.05) is 39.3 Å². The van der Waals surface area contributed by atoms with Crippen LogP contribution in [0.1, 0.15) is 26.7 Å². The molecule has 21 heavy (non-hydrogen) atoms. The molecule has 1 fully saturated rings. The van der Waals surface area contributed by atoms with Crippen molar-refractivity contribution in [3.63, 3.8) is 0 Å². The average molecular weight is 300 g/mol. The van der Waals surface area contributed by atoms with Crippen molar-refractivity contribution in [1.29, 1.82) is 0 Å². The molecule has 0 saturated carbocycles. The van der Waals surface area contributed by atoms with Crippen LogP contribution in [0, 0.1) is 11.8 Å². The van der Waals surface area contributed by atoms with Crippen LogP contribution < -0.4 is 0 Å². The summed E-state index contributed by atoms with van der Waals surface area (Å²) < 4.78 is 0. The van der Waals surface area contributed by atoms with Crippen molar-refractivity contribution in [3.8, 4) is 0 Å². The quantitative estimate of drug-likeness (QED) is 0.500. The largest absolute Gasteiger partial charge is 0.481 e. The summed E-state index contributed by atoms with van der Waals surface area (Å²) in [5, 5.41) is 27.1. The third-order valence-electron chi connectivity index (χ3n) is 4.50. The highest BCUT2D eigenvalue weighted by molar-refractivity contribution is 6.40. The molecule has 0 spiro atoms. The highest BCUT2D eigenvalue weighted by Gasteiger charge is 2.37. The van der Waals surface area contributed by atoms with Gasteiger partial charge in [0.2, 0.25) is 0 Å². The zero-order valence-electron chi connectivity index (χ0n) is 13.2. The molecule has 0 bridgehead atoms. The molecule has 2 atom stereocenters. The Morgan fingerprint density at radius 3 is 2.48 bits per heavy atom. The zero-order valence-corrected chi connectivity index (χ0v) is 13.2. The molecule has 0 aromatic heterocycles. The van der Waals surface area contributed by atoms with Crippen LogP contribution in [0.5, 0.6) is 0 Å². The highest BCUT2D eigenvalue weighted by Crippen LogP contribution is 2.28. The Balaban J connectivity index is 2.42. The first-order chi connectivity index (χ1) is 9.97. The van der Waals surface area contributed by atoms with Crippen molar-refractivity contribution >= 4 is 13.1 Å². The second-order valence-corrected chi connectivity index (χ2v) is 5.90. The molecule has 0 aromatic carbocycles. The van der Waals surface area contributed by atoms with Gasteiger partial charge < -0.3 is 25.0 Å². The molecular weight excluding hydrogens is 271 g/mol. The maximum absolute atomic E-state index is 11.4. The summed E-state index contributed by atoms with van der Waals surface area (Å²) in [6.45, 7) is 9.61. The number of likely N-dealkylation sites (tertiary alicyclic amines) is 1. The molecule has 122 valence electrons. The van der Waals surface area contributed by atoms with E-state index in [2.05, 4.69) is 23.6 Å². The topological polar surface area (TPSA) is 84.2 Å². The van der Waals surface area contributed by atoms with Gasteiger partial charge in [0, 0.05) is 26.2 Å². The minimum atomic E-state index is -1.28. The van der Waals surface area contributed by atoms with E-state index < -0.39 is 13.1 Å². The molecule has 1 heterocycles. The average Bonchev–Trinajstić information content (AvgIpc) is 2.83. The third-order valence-corrected chi connectivity index (χ3v) is 4.50. The normalized spacial score (nSPS) is 22.9. The first-order valence-corrected chi connectivity index (χ1v) is 8.01. The van der Waals surface area contributed by atoms with E-state index in [9.17, 15) is 9.90 Å². The number of nitrogens with zero attached hydrogens (tertiary/aromatic N) is 2. The van der Waals surface area contributed by atoms with Gasteiger partial charge in [0.05, 0.1) is 5.92 Å². The van der Waals surface area contributed by atoms with Gasteiger partial charge in [-0.15, -0.1) is 0 Å². The molecule has 0 aromatic rings. The summed E-state index contributed by atoms with van der Waals surface area (Å²) in [4.78, 5) is 15.9. The minimum absolute atomic E-state index is 0.123. The third kappa shape index (κ3) is 6.34. The number of carboxylic acids is 1. The van der Waals surface area contributed by atoms with Gasteiger partial charge in [-0.2, -0.15) is 0 Å². The number of carboxylic acid groups (broad SMARTS) is 1. The Kier molecular flexibility index (Phi) is 8.25. The number of rotatable bonds is 10. The van der Waals surface area contributed by atoms with E-state index in [-0.39, 0.29) is 11.8 Å². The number of likely N-dealkylation sites (N-methyl/N-ethyl adjacent to an activating group) is 1. The number of carbonyl (C=O) groups is 1. The summed E-state index contributed by atoms with van der Waals surface area (Å²) in [6.07, 6.45) is 1.73. The van der Waals surface area contributed by atoms with E-state index in [0.29, 0.717) is 19.3 Å². The Bertz CT molecular complexity index is 313. The van der Waals surface area contributed by atoms with Gasteiger partial charge in [-0.1, -0.05) is 20.3 Å². The van der Waals surface area contributed by atoms with Crippen LogP contribution in [-0.2, 0) is 4.79 Å². The van der Waals surface area contributed by atoms with Gasteiger partial charge in [0.15, 0.2) is 0 Å². The van der Waals surface area contributed by atoms with E-state index in [1.165, 1.54) is 0 Å². The Morgan fingerprint density at radius 2 is 1.95 bits per heavy atom. The fraction of sp³-hybridized carbons (Fsp3) is 0.929. The van der Waals surface area contributed by atoms with Gasteiger partial charge in [0.25, 0.3) is 0 Å². The maximum Gasteiger partial charge on any atom is 0.451 e. The molecule has 0 aliphatic carbocycles. The Morgan fingerprint density at radius 1 is 1.29 bits per heavy atom. The lowest BCUT2D eigenvalue weighted by atomic mass is 9.80. The first-order valence-electron chi connectivity index (χ1n) is 8.01. The predicted molar refractivity (Wildman–Crippen MR) is 83.1 cm³/mol. The molecule has 1 rings (SSSR count). The van der Waals surface area contributed by atoms with E-state index in [1.807, 2.05) is 0 Å². The van der Waals surface area contributed by atoms with Crippen LogP contribution in [0.25, 0.3) is 0 Å².